The minimum Gasteiger partial charge on any atom is -0.348 e. The van der Waals surface area contributed by atoms with Gasteiger partial charge < -0.3 is 4.98 Å². The van der Waals surface area contributed by atoms with Gasteiger partial charge in [-0.3, -0.25) is 5.32 Å². The first-order valence-corrected chi connectivity index (χ1v) is 11.7. The summed E-state index contributed by atoms with van der Waals surface area (Å²) in [5, 5.41) is 12.6. The predicted octanol–water partition coefficient (Wildman–Crippen LogP) is 5.72. The largest absolute Gasteiger partial charge is 0.422 e. The summed E-state index contributed by atoms with van der Waals surface area (Å²) in [6, 6.07) is 16.1. The van der Waals surface area contributed by atoms with Crippen LogP contribution in [0, 0.1) is 25.2 Å². The highest BCUT2D eigenvalue weighted by Gasteiger charge is 2.57. The lowest BCUT2D eigenvalue weighted by molar-refractivity contribution is 0.196. The van der Waals surface area contributed by atoms with Crippen molar-refractivity contribution in [3.8, 4) is 6.07 Å². The lowest BCUT2D eigenvalue weighted by Gasteiger charge is -2.38. The SMILES string of the molecule is CCCCC1NC(=O)[N+](Cc2ccc(C#N)cc2)(c2cccc(C)c2C)C1Cc1ncc[nH]1.Cl. The lowest BCUT2D eigenvalue weighted by Crippen LogP contribution is -2.58. The Labute approximate surface area is 208 Å². The van der Waals surface area contributed by atoms with Gasteiger partial charge in [0.05, 0.1) is 24.1 Å². The topological polar surface area (TPSA) is 81.6 Å². The van der Waals surface area contributed by atoms with Crippen molar-refractivity contribution in [2.24, 2.45) is 0 Å². The number of nitrogens with one attached hydrogen (secondary N) is 2. The first-order chi connectivity index (χ1) is 16.0. The number of urea groups is 1. The van der Waals surface area contributed by atoms with Crippen LogP contribution >= 0.6 is 12.4 Å². The molecule has 3 unspecified atom stereocenters. The van der Waals surface area contributed by atoms with E-state index in [0.717, 1.165) is 41.9 Å². The fourth-order valence-electron chi connectivity index (χ4n) is 5.12. The molecule has 0 radical (unpaired) electrons. The molecule has 0 bridgehead atoms. The molecule has 2 amide bonds. The second kappa shape index (κ2) is 10.9. The Kier molecular flexibility index (Phi) is 8.14. The summed E-state index contributed by atoms with van der Waals surface area (Å²) in [5.41, 5.74) is 5.00. The van der Waals surface area contributed by atoms with Crippen LogP contribution in [0.25, 0.3) is 0 Å². The van der Waals surface area contributed by atoms with Crippen molar-refractivity contribution in [2.75, 3.05) is 0 Å². The molecular weight excluding hydrogens is 446 g/mol. The molecule has 1 saturated heterocycles. The van der Waals surface area contributed by atoms with E-state index in [2.05, 4.69) is 54.3 Å². The highest BCUT2D eigenvalue weighted by atomic mass is 35.5. The number of nitriles is 1. The first-order valence-electron chi connectivity index (χ1n) is 11.7. The molecule has 4 rings (SSSR count). The van der Waals surface area contributed by atoms with Crippen molar-refractivity contribution in [1.82, 2.24) is 19.8 Å². The number of unbranched alkanes of at least 4 members (excludes halogenated alkanes) is 1. The van der Waals surface area contributed by atoms with Crippen LogP contribution in [0.5, 0.6) is 0 Å². The van der Waals surface area contributed by atoms with Crippen molar-refractivity contribution in [2.45, 2.75) is 65.1 Å². The second-order valence-electron chi connectivity index (χ2n) is 9.06. The third-order valence-corrected chi connectivity index (χ3v) is 7.05. The van der Waals surface area contributed by atoms with Crippen molar-refractivity contribution in [3.63, 3.8) is 0 Å². The molecule has 1 aromatic heterocycles. The molecule has 3 aromatic rings. The zero-order chi connectivity index (χ0) is 23.4. The lowest BCUT2D eigenvalue weighted by atomic mass is 9.94. The van der Waals surface area contributed by atoms with E-state index >= 15 is 0 Å². The van der Waals surface area contributed by atoms with Gasteiger partial charge in [0.1, 0.15) is 24.1 Å². The number of H-pyrrole nitrogens is 1. The molecule has 2 aromatic carbocycles. The standard InChI is InChI=1S/C27H31N5O.ClH/c1-4-5-8-23-25(16-26-29-14-15-30-26)32(27(33)31-23,24-9-6-7-19(2)20(24)3)18-22-12-10-21(17-28)11-13-22;/h6-7,9-15,23,25H,4-5,8,16,18H2,1-3H3,(H-,29,30,31,33);1H/p+1. The van der Waals surface area contributed by atoms with E-state index in [1.807, 2.05) is 36.5 Å². The maximum absolute atomic E-state index is 14.0. The molecule has 6 nitrogen and oxygen atoms in total. The van der Waals surface area contributed by atoms with E-state index in [1.54, 1.807) is 6.20 Å². The van der Waals surface area contributed by atoms with Crippen LogP contribution in [0.1, 0.15) is 54.3 Å². The molecule has 2 heterocycles. The van der Waals surface area contributed by atoms with Crippen LogP contribution in [0.3, 0.4) is 0 Å². The molecular formula is C27H33ClN5O+. The molecule has 178 valence electrons. The molecule has 1 fully saturated rings. The molecule has 0 aliphatic carbocycles. The fourth-order valence-corrected chi connectivity index (χ4v) is 5.12. The molecule has 1 aliphatic rings. The second-order valence-corrected chi connectivity index (χ2v) is 9.06. The summed E-state index contributed by atoms with van der Waals surface area (Å²) < 4.78 is 0.203. The van der Waals surface area contributed by atoms with Gasteiger partial charge in [-0.2, -0.15) is 9.74 Å². The van der Waals surface area contributed by atoms with Crippen LogP contribution in [0.2, 0.25) is 0 Å². The first kappa shape index (κ1) is 25.5. The van der Waals surface area contributed by atoms with Crippen molar-refractivity contribution in [1.29, 1.82) is 5.26 Å². The van der Waals surface area contributed by atoms with E-state index in [0.29, 0.717) is 18.5 Å². The number of carbonyl (C=O) groups excluding carboxylic acids is 1. The van der Waals surface area contributed by atoms with Gasteiger partial charge in [0.15, 0.2) is 0 Å². The van der Waals surface area contributed by atoms with Crippen LogP contribution in [0.4, 0.5) is 10.5 Å². The minimum absolute atomic E-state index is 0. The number of halogens is 1. The predicted molar refractivity (Wildman–Crippen MR) is 138 cm³/mol. The average molecular weight is 479 g/mol. The molecule has 34 heavy (non-hydrogen) atoms. The summed E-state index contributed by atoms with van der Waals surface area (Å²) in [5.74, 6) is 0.894. The van der Waals surface area contributed by atoms with E-state index in [9.17, 15) is 10.1 Å². The smallest absolute Gasteiger partial charge is 0.348 e. The van der Waals surface area contributed by atoms with Crippen LogP contribution < -0.4 is 9.80 Å². The Bertz CT molecular complexity index is 1150. The number of aromatic nitrogens is 2. The molecule has 1 aliphatic heterocycles. The van der Waals surface area contributed by atoms with Gasteiger partial charge in [0.25, 0.3) is 0 Å². The Morgan fingerprint density at radius 2 is 1.91 bits per heavy atom. The monoisotopic (exact) mass is 478 g/mol. The zero-order valence-corrected chi connectivity index (χ0v) is 20.9. The molecule has 2 N–H and O–H groups in total. The fraction of sp³-hybridized carbons (Fsp3) is 0.370. The van der Waals surface area contributed by atoms with Gasteiger partial charge in [0.2, 0.25) is 0 Å². The summed E-state index contributed by atoms with van der Waals surface area (Å²) in [6.45, 7) is 6.92. The van der Waals surface area contributed by atoms with Gasteiger partial charge in [-0.15, -0.1) is 12.4 Å². The van der Waals surface area contributed by atoms with E-state index in [1.165, 1.54) is 5.56 Å². The van der Waals surface area contributed by atoms with Gasteiger partial charge in [0, 0.05) is 29.6 Å². The maximum Gasteiger partial charge on any atom is 0.422 e. The normalized spacial score (nSPS) is 21.5. The number of quaternary nitrogens is 1. The number of benzene rings is 2. The summed E-state index contributed by atoms with van der Waals surface area (Å²) in [7, 11) is 0. The summed E-state index contributed by atoms with van der Waals surface area (Å²) in [6.07, 6.45) is 7.36. The summed E-state index contributed by atoms with van der Waals surface area (Å²) in [4.78, 5) is 21.7. The number of aromatic amines is 1. The van der Waals surface area contributed by atoms with Crippen LogP contribution in [0.15, 0.2) is 54.9 Å². The molecule has 7 heteroatoms. The highest BCUT2D eigenvalue weighted by Crippen LogP contribution is 2.40. The molecule has 0 saturated carbocycles. The Morgan fingerprint density at radius 3 is 2.56 bits per heavy atom. The molecule has 3 atom stereocenters. The van der Waals surface area contributed by atoms with Crippen LogP contribution in [-0.2, 0) is 13.0 Å². The number of rotatable bonds is 8. The third-order valence-electron chi connectivity index (χ3n) is 7.05. The van der Waals surface area contributed by atoms with E-state index in [-0.39, 0.29) is 35.0 Å². The molecule has 0 spiro atoms. The van der Waals surface area contributed by atoms with Crippen molar-refractivity contribution in [3.05, 3.63) is 82.9 Å². The number of aryl methyl sites for hydroxylation is 1. The Hall–Kier alpha value is -3.14. The number of hydrogen-bond acceptors (Lipinski definition) is 3. The number of carbonyl (C=O) groups is 1. The van der Waals surface area contributed by atoms with E-state index < -0.39 is 0 Å². The highest BCUT2D eigenvalue weighted by molar-refractivity contribution is 5.91. The van der Waals surface area contributed by atoms with Gasteiger partial charge in [-0.25, -0.2) is 9.78 Å². The number of hydrogen-bond donors (Lipinski definition) is 2. The van der Waals surface area contributed by atoms with Crippen molar-refractivity contribution < 1.29 is 4.79 Å². The number of amides is 2. The average Bonchev–Trinajstić information content (AvgIpc) is 3.43. The van der Waals surface area contributed by atoms with Gasteiger partial charge in [-0.05, 0) is 38.0 Å². The Balaban J connectivity index is 0.00000324. The minimum atomic E-state index is -0.00802. The van der Waals surface area contributed by atoms with E-state index in [4.69, 9.17) is 0 Å². The Morgan fingerprint density at radius 1 is 1.15 bits per heavy atom. The quantitative estimate of drug-likeness (QED) is 0.406. The number of nitrogens with zero attached hydrogens (tertiary/aromatic N) is 3. The zero-order valence-electron chi connectivity index (χ0n) is 20.0. The summed E-state index contributed by atoms with van der Waals surface area (Å²) >= 11 is 0. The van der Waals surface area contributed by atoms with Gasteiger partial charge >= 0.3 is 6.03 Å². The van der Waals surface area contributed by atoms with Crippen LogP contribution in [-0.4, -0.2) is 28.1 Å². The number of imidazole rings is 1. The van der Waals surface area contributed by atoms with Gasteiger partial charge in [-0.1, -0.05) is 44.0 Å². The third kappa shape index (κ3) is 4.72. The van der Waals surface area contributed by atoms with Crippen molar-refractivity contribution >= 4 is 24.1 Å². The maximum atomic E-state index is 14.0.